The standard InChI is InChI=1S/C79H149NO5/c1-3-5-7-9-11-13-15-16-17-18-42-45-48-52-55-59-63-67-71-77(82)76(75-81)80-78(83)72-68-64-60-56-53-49-46-43-40-38-36-34-32-30-28-26-24-22-20-19-21-23-25-27-29-31-33-35-37-39-41-44-47-50-54-58-62-66-70-74-85-79(84)73-69-65-61-57-51-14-12-10-8-6-4-2/h10,12,19-20,23,25,67,71,76-77,81-82H,3-9,11,13-18,21-22,24,26-66,68-70,72-75H2,1-2H3,(H,80,83)/b12-10-,20-19-,25-23-,71-67+. The maximum atomic E-state index is 12.5. The van der Waals surface area contributed by atoms with E-state index in [1.807, 2.05) is 6.08 Å². The first-order chi connectivity index (χ1) is 42.0. The van der Waals surface area contributed by atoms with Crippen molar-refractivity contribution < 1.29 is 24.5 Å². The van der Waals surface area contributed by atoms with Gasteiger partial charge in [0.15, 0.2) is 0 Å². The predicted molar refractivity (Wildman–Crippen MR) is 375 cm³/mol. The minimum absolute atomic E-state index is 0.00915. The van der Waals surface area contributed by atoms with Crippen molar-refractivity contribution in [1.29, 1.82) is 0 Å². The van der Waals surface area contributed by atoms with Gasteiger partial charge in [0.2, 0.25) is 5.91 Å². The van der Waals surface area contributed by atoms with Gasteiger partial charge in [-0.1, -0.05) is 371 Å². The van der Waals surface area contributed by atoms with Crippen LogP contribution < -0.4 is 5.32 Å². The van der Waals surface area contributed by atoms with E-state index in [2.05, 4.69) is 55.6 Å². The Morgan fingerprint density at radius 1 is 0.329 bits per heavy atom. The fourth-order valence-electron chi connectivity index (χ4n) is 11.9. The van der Waals surface area contributed by atoms with E-state index in [9.17, 15) is 19.8 Å². The van der Waals surface area contributed by atoms with Gasteiger partial charge in [-0.2, -0.15) is 0 Å². The van der Waals surface area contributed by atoms with Gasteiger partial charge in [-0.3, -0.25) is 9.59 Å². The Balaban J connectivity index is 3.38. The summed E-state index contributed by atoms with van der Waals surface area (Å²) in [7, 11) is 0. The molecule has 0 spiro atoms. The summed E-state index contributed by atoms with van der Waals surface area (Å²) in [6.07, 6.45) is 98.0. The molecular formula is C79H149NO5. The molecule has 6 heteroatoms. The van der Waals surface area contributed by atoms with Crippen LogP contribution in [0.1, 0.15) is 418 Å². The van der Waals surface area contributed by atoms with Crippen LogP contribution in [0.3, 0.4) is 0 Å². The first kappa shape index (κ1) is 82.8. The Bertz CT molecular complexity index is 1420. The Morgan fingerprint density at radius 3 is 0.941 bits per heavy atom. The summed E-state index contributed by atoms with van der Waals surface area (Å²) in [4.78, 5) is 24.5. The molecule has 2 atom stereocenters. The number of ether oxygens (including phenoxy) is 1. The van der Waals surface area contributed by atoms with Crippen LogP contribution >= 0.6 is 0 Å². The molecule has 3 N–H and O–H groups in total. The zero-order valence-electron chi connectivity index (χ0n) is 57.4. The number of allylic oxidation sites excluding steroid dienone is 7. The maximum Gasteiger partial charge on any atom is 0.305 e. The van der Waals surface area contributed by atoms with Gasteiger partial charge in [-0.05, 0) is 83.5 Å². The number of aliphatic hydroxyl groups excluding tert-OH is 2. The lowest BCUT2D eigenvalue weighted by Gasteiger charge is -2.20. The van der Waals surface area contributed by atoms with Crippen LogP contribution in [0.15, 0.2) is 48.6 Å². The molecule has 0 fully saturated rings. The second-order valence-corrected chi connectivity index (χ2v) is 26.3. The zero-order valence-corrected chi connectivity index (χ0v) is 57.4. The fraction of sp³-hybridized carbons (Fsp3) is 0.873. The molecule has 0 heterocycles. The molecule has 0 radical (unpaired) electrons. The number of hydrogen-bond acceptors (Lipinski definition) is 5. The quantitative estimate of drug-likeness (QED) is 0.0320. The molecular weight excluding hydrogens is 1040 g/mol. The molecule has 2 unspecified atom stereocenters. The van der Waals surface area contributed by atoms with E-state index in [4.69, 9.17) is 4.74 Å². The highest BCUT2D eigenvalue weighted by Gasteiger charge is 2.18. The van der Waals surface area contributed by atoms with E-state index in [1.54, 1.807) is 6.08 Å². The minimum atomic E-state index is -0.843. The van der Waals surface area contributed by atoms with E-state index in [-0.39, 0.29) is 18.5 Å². The maximum absolute atomic E-state index is 12.5. The zero-order chi connectivity index (χ0) is 61.3. The molecule has 0 aromatic rings. The second-order valence-electron chi connectivity index (χ2n) is 26.3. The van der Waals surface area contributed by atoms with Crippen molar-refractivity contribution in [2.45, 2.75) is 431 Å². The van der Waals surface area contributed by atoms with Gasteiger partial charge in [-0.15, -0.1) is 0 Å². The van der Waals surface area contributed by atoms with E-state index in [1.165, 1.54) is 340 Å². The predicted octanol–water partition coefficient (Wildman–Crippen LogP) is 25.2. The molecule has 500 valence electrons. The van der Waals surface area contributed by atoms with Gasteiger partial charge in [0.1, 0.15) is 0 Å². The summed E-state index contributed by atoms with van der Waals surface area (Å²) in [5.74, 6) is -0.0525. The number of carbonyl (C=O) groups is 2. The van der Waals surface area contributed by atoms with Gasteiger partial charge >= 0.3 is 5.97 Å². The smallest absolute Gasteiger partial charge is 0.305 e. The van der Waals surface area contributed by atoms with Gasteiger partial charge < -0.3 is 20.3 Å². The summed E-state index contributed by atoms with van der Waals surface area (Å²) < 4.78 is 5.47. The topological polar surface area (TPSA) is 95.9 Å². The third-order valence-electron chi connectivity index (χ3n) is 17.8. The monoisotopic (exact) mass is 1190 g/mol. The first-order valence-electron chi connectivity index (χ1n) is 38.4. The molecule has 0 bridgehead atoms. The number of esters is 1. The largest absolute Gasteiger partial charge is 0.466 e. The lowest BCUT2D eigenvalue weighted by molar-refractivity contribution is -0.143. The number of unbranched alkanes of at least 4 members (excludes halogenated alkanes) is 55. The van der Waals surface area contributed by atoms with Crippen LogP contribution in [0, 0.1) is 0 Å². The van der Waals surface area contributed by atoms with Gasteiger partial charge in [0.05, 0.1) is 25.4 Å². The number of nitrogens with one attached hydrogen (secondary N) is 1. The highest BCUT2D eigenvalue weighted by molar-refractivity contribution is 5.76. The van der Waals surface area contributed by atoms with Gasteiger partial charge in [-0.25, -0.2) is 0 Å². The molecule has 0 aliphatic rings. The van der Waals surface area contributed by atoms with Gasteiger partial charge in [0.25, 0.3) is 0 Å². The minimum Gasteiger partial charge on any atom is -0.466 e. The van der Waals surface area contributed by atoms with Crippen molar-refractivity contribution in [2.75, 3.05) is 13.2 Å². The van der Waals surface area contributed by atoms with E-state index >= 15 is 0 Å². The summed E-state index contributed by atoms with van der Waals surface area (Å²) >= 11 is 0. The third-order valence-corrected chi connectivity index (χ3v) is 17.8. The van der Waals surface area contributed by atoms with Crippen LogP contribution in [0.4, 0.5) is 0 Å². The Hall–Kier alpha value is -2.18. The lowest BCUT2D eigenvalue weighted by Crippen LogP contribution is -2.45. The number of aliphatic hydroxyl groups is 2. The average molecular weight is 1190 g/mol. The van der Waals surface area contributed by atoms with Crippen molar-refractivity contribution in [2.24, 2.45) is 0 Å². The first-order valence-corrected chi connectivity index (χ1v) is 38.4. The highest BCUT2D eigenvalue weighted by Crippen LogP contribution is 2.19. The SMILES string of the molecule is CCCC/C=C\CCCCCCCC(=O)OCCCCCCCCCCCCCCCCC/C=C\C/C=C\CCCCCCCCCCCCCCCCCCCC(=O)NC(CO)C(O)/C=C/CCCCCCCCCCCCCCCCCC. The molecule has 6 nitrogen and oxygen atoms in total. The molecule has 85 heavy (non-hydrogen) atoms. The molecule has 0 aliphatic carbocycles. The normalized spacial score (nSPS) is 12.8. The number of carbonyl (C=O) groups excluding carboxylic acids is 2. The van der Waals surface area contributed by atoms with Crippen LogP contribution in [0.25, 0.3) is 0 Å². The van der Waals surface area contributed by atoms with Gasteiger partial charge in [0, 0.05) is 12.8 Å². The number of amides is 1. The number of rotatable bonds is 72. The summed E-state index contributed by atoms with van der Waals surface area (Å²) in [5.41, 5.74) is 0. The van der Waals surface area contributed by atoms with Crippen molar-refractivity contribution in [3.63, 3.8) is 0 Å². The summed E-state index contributed by atoms with van der Waals surface area (Å²) in [6.45, 7) is 4.90. The third kappa shape index (κ3) is 70.8. The Kier molecular flexibility index (Phi) is 72.4. The molecule has 0 saturated heterocycles. The van der Waals surface area contributed by atoms with Crippen LogP contribution in [-0.2, 0) is 14.3 Å². The average Bonchev–Trinajstić information content (AvgIpc) is 3.55. The second kappa shape index (κ2) is 74.3. The summed E-state index contributed by atoms with van der Waals surface area (Å²) in [5, 5.41) is 23.2. The van der Waals surface area contributed by atoms with Crippen LogP contribution in [0.5, 0.6) is 0 Å². The number of hydrogen-bond donors (Lipinski definition) is 3. The molecule has 0 saturated carbocycles. The van der Waals surface area contributed by atoms with Crippen molar-refractivity contribution in [3.05, 3.63) is 48.6 Å². The summed E-state index contributed by atoms with van der Waals surface area (Å²) in [6, 6.07) is -0.626. The Labute approximate surface area is 531 Å². The molecule has 0 rings (SSSR count). The Morgan fingerprint density at radius 2 is 0.600 bits per heavy atom. The van der Waals surface area contributed by atoms with Crippen molar-refractivity contribution >= 4 is 11.9 Å². The van der Waals surface area contributed by atoms with Crippen molar-refractivity contribution in [1.82, 2.24) is 5.32 Å². The molecule has 0 aromatic heterocycles. The fourth-order valence-corrected chi connectivity index (χ4v) is 11.9. The van der Waals surface area contributed by atoms with E-state index < -0.39 is 12.1 Å². The lowest BCUT2D eigenvalue weighted by atomic mass is 10.0. The molecule has 0 aromatic carbocycles. The molecule has 0 aliphatic heterocycles. The molecule has 1 amide bonds. The van der Waals surface area contributed by atoms with Crippen LogP contribution in [-0.4, -0.2) is 47.4 Å². The van der Waals surface area contributed by atoms with E-state index in [0.717, 1.165) is 51.4 Å². The van der Waals surface area contributed by atoms with Crippen molar-refractivity contribution in [3.8, 4) is 0 Å². The van der Waals surface area contributed by atoms with E-state index in [0.29, 0.717) is 19.4 Å². The highest BCUT2D eigenvalue weighted by atomic mass is 16.5. The van der Waals surface area contributed by atoms with Crippen LogP contribution in [0.2, 0.25) is 0 Å².